The molecule has 3 aromatic rings. The van der Waals surface area contributed by atoms with E-state index in [1.165, 1.54) is 6.07 Å². The summed E-state index contributed by atoms with van der Waals surface area (Å²) in [5, 5.41) is 0. The van der Waals surface area contributed by atoms with Gasteiger partial charge < -0.3 is 4.74 Å². The maximum atomic E-state index is 15.0. The molecular weight excluding hydrogens is 433 g/mol. The van der Waals surface area contributed by atoms with Gasteiger partial charge in [-0.25, -0.2) is 13.2 Å². The van der Waals surface area contributed by atoms with Crippen LogP contribution in [0, 0.1) is 23.4 Å². The van der Waals surface area contributed by atoms with E-state index in [4.69, 9.17) is 4.74 Å². The van der Waals surface area contributed by atoms with Gasteiger partial charge in [0.25, 0.3) is 0 Å². The van der Waals surface area contributed by atoms with E-state index in [-0.39, 0.29) is 17.3 Å². The number of aryl methyl sites for hydroxylation is 2. The van der Waals surface area contributed by atoms with Gasteiger partial charge in [-0.1, -0.05) is 48.5 Å². The van der Waals surface area contributed by atoms with Gasteiger partial charge in [0.05, 0.1) is 6.61 Å². The Kier molecular flexibility index (Phi) is 7.77. The van der Waals surface area contributed by atoms with Gasteiger partial charge in [-0.15, -0.1) is 6.58 Å². The standard InChI is InChI=1S/C30H31F3O/c1-3-20-5-10-22(11-6-20)26-17-18-27(30(33)29(26)32)23-12-7-21(8-13-23)9-14-24-15-16-25(34-4-2)19-28(24)31/h3,7-8,12-13,15-20,22H,1,4-6,9-11,14H2,2H3. The van der Waals surface area contributed by atoms with Crippen LogP contribution in [-0.2, 0) is 12.8 Å². The van der Waals surface area contributed by atoms with E-state index in [1.54, 1.807) is 36.4 Å². The van der Waals surface area contributed by atoms with Gasteiger partial charge in [0.15, 0.2) is 11.6 Å². The average molecular weight is 465 g/mol. The highest BCUT2D eigenvalue weighted by Gasteiger charge is 2.25. The van der Waals surface area contributed by atoms with E-state index in [0.717, 1.165) is 31.2 Å². The molecule has 1 aliphatic rings. The summed E-state index contributed by atoms with van der Waals surface area (Å²) in [7, 11) is 0. The summed E-state index contributed by atoms with van der Waals surface area (Å²) in [6.45, 7) is 6.21. The predicted octanol–water partition coefficient (Wildman–Crippen LogP) is 8.41. The summed E-state index contributed by atoms with van der Waals surface area (Å²) in [5.41, 5.74) is 3.02. The lowest BCUT2D eigenvalue weighted by atomic mass is 9.78. The molecule has 0 heterocycles. The Balaban J connectivity index is 1.43. The molecule has 34 heavy (non-hydrogen) atoms. The van der Waals surface area contributed by atoms with Crippen molar-refractivity contribution < 1.29 is 17.9 Å². The summed E-state index contributed by atoms with van der Waals surface area (Å²) in [6.07, 6.45) is 6.82. The van der Waals surface area contributed by atoms with E-state index in [2.05, 4.69) is 6.58 Å². The third-order valence-electron chi connectivity index (χ3n) is 6.94. The maximum absolute atomic E-state index is 15.0. The number of allylic oxidation sites excluding steroid dienone is 1. The molecule has 1 fully saturated rings. The highest BCUT2D eigenvalue weighted by Crippen LogP contribution is 2.39. The van der Waals surface area contributed by atoms with Crippen molar-refractivity contribution in [1.82, 2.24) is 0 Å². The number of hydrogen-bond donors (Lipinski definition) is 0. The molecular formula is C30H31F3O. The lowest BCUT2D eigenvalue weighted by Gasteiger charge is -2.27. The van der Waals surface area contributed by atoms with Crippen molar-refractivity contribution in [2.75, 3.05) is 6.61 Å². The summed E-state index contributed by atoms with van der Waals surface area (Å²) < 4.78 is 49.6. The highest BCUT2D eigenvalue weighted by atomic mass is 19.2. The van der Waals surface area contributed by atoms with Crippen LogP contribution in [0.4, 0.5) is 13.2 Å². The zero-order valence-electron chi connectivity index (χ0n) is 19.6. The van der Waals surface area contributed by atoms with Gasteiger partial charge in [-0.05, 0) is 85.6 Å². The second kappa shape index (κ2) is 10.9. The van der Waals surface area contributed by atoms with Crippen molar-refractivity contribution in [3.8, 4) is 16.9 Å². The Morgan fingerprint density at radius 2 is 1.62 bits per heavy atom. The number of ether oxygens (including phenoxy) is 1. The molecule has 4 heteroatoms. The topological polar surface area (TPSA) is 9.23 Å². The van der Waals surface area contributed by atoms with Crippen LogP contribution in [-0.4, -0.2) is 6.61 Å². The molecule has 0 aromatic heterocycles. The fourth-order valence-corrected chi connectivity index (χ4v) is 4.89. The predicted molar refractivity (Wildman–Crippen MR) is 132 cm³/mol. The molecule has 0 bridgehead atoms. The van der Waals surface area contributed by atoms with Crippen LogP contribution in [0.15, 0.2) is 67.3 Å². The first-order valence-corrected chi connectivity index (χ1v) is 12.1. The van der Waals surface area contributed by atoms with Crippen molar-refractivity contribution in [3.05, 3.63) is 101 Å². The number of halogens is 3. The largest absolute Gasteiger partial charge is 0.494 e. The van der Waals surface area contributed by atoms with Crippen LogP contribution >= 0.6 is 0 Å². The highest BCUT2D eigenvalue weighted by molar-refractivity contribution is 5.65. The number of hydrogen-bond acceptors (Lipinski definition) is 1. The zero-order chi connectivity index (χ0) is 24.1. The van der Waals surface area contributed by atoms with Crippen molar-refractivity contribution in [3.63, 3.8) is 0 Å². The van der Waals surface area contributed by atoms with E-state index in [9.17, 15) is 8.78 Å². The number of rotatable bonds is 8. The van der Waals surface area contributed by atoms with Crippen molar-refractivity contribution in [2.45, 2.75) is 51.4 Å². The molecule has 0 atom stereocenters. The molecule has 1 aliphatic carbocycles. The first kappa shape index (κ1) is 24.1. The lowest BCUT2D eigenvalue weighted by Crippen LogP contribution is -2.13. The van der Waals surface area contributed by atoms with Crippen LogP contribution < -0.4 is 4.74 Å². The maximum Gasteiger partial charge on any atom is 0.166 e. The molecule has 1 saturated carbocycles. The summed E-state index contributed by atoms with van der Waals surface area (Å²) in [5.74, 6) is -0.726. The minimum absolute atomic E-state index is 0.0603. The summed E-state index contributed by atoms with van der Waals surface area (Å²) >= 11 is 0. The van der Waals surface area contributed by atoms with E-state index in [1.807, 2.05) is 25.1 Å². The first-order chi connectivity index (χ1) is 16.5. The van der Waals surface area contributed by atoms with Crippen LogP contribution in [0.2, 0.25) is 0 Å². The van der Waals surface area contributed by atoms with Gasteiger partial charge in [0.2, 0.25) is 0 Å². The Bertz CT molecular complexity index is 1130. The first-order valence-electron chi connectivity index (χ1n) is 12.1. The Morgan fingerprint density at radius 3 is 2.26 bits per heavy atom. The second-order valence-electron chi connectivity index (χ2n) is 9.06. The normalized spacial score (nSPS) is 18.0. The SMILES string of the molecule is C=CC1CCC(c2ccc(-c3ccc(CCc4ccc(OCC)cc4F)cc3)c(F)c2F)CC1. The van der Waals surface area contributed by atoms with Crippen LogP contribution in [0.1, 0.15) is 55.2 Å². The van der Waals surface area contributed by atoms with Gasteiger partial charge in [-0.3, -0.25) is 0 Å². The molecule has 0 unspecified atom stereocenters. The summed E-state index contributed by atoms with van der Waals surface area (Å²) in [6, 6.07) is 15.8. The average Bonchev–Trinajstić information content (AvgIpc) is 2.86. The van der Waals surface area contributed by atoms with E-state index < -0.39 is 11.6 Å². The number of benzene rings is 3. The quantitative estimate of drug-likeness (QED) is 0.304. The molecule has 4 rings (SSSR count). The van der Waals surface area contributed by atoms with E-state index >= 15 is 4.39 Å². The second-order valence-corrected chi connectivity index (χ2v) is 9.06. The smallest absolute Gasteiger partial charge is 0.166 e. The van der Waals surface area contributed by atoms with Gasteiger partial charge >= 0.3 is 0 Å². The zero-order valence-corrected chi connectivity index (χ0v) is 19.6. The monoisotopic (exact) mass is 464 g/mol. The fourth-order valence-electron chi connectivity index (χ4n) is 4.89. The fraction of sp³-hybridized carbons (Fsp3) is 0.333. The molecule has 0 saturated heterocycles. The van der Waals surface area contributed by atoms with Gasteiger partial charge in [0, 0.05) is 11.6 Å². The minimum Gasteiger partial charge on any atom is -0.494 e. The van der Waals surface area contributed by atoms with Crippen molar-refractivity contribution in [2.24, 2.45) is 5.92 Å². The van der Waals surface area contributed by atoms with Gasteiger partial charge in [0.1, 0.15) is 11.6 Å². The molecule has 1 nitrogen and oxygen atoms in total. The van der Waals surface area contributed by atoms with Gasteiger partial charge in [-0.2, -0.15) is 0 Å². The third kappa shape index (κ3) is 5.38. The lowest BCUT2D eigenvalue weighted by molar-refractivity contribution is 0.338. The molecule has 178 valence electrons. The van der Waals surface area contributed by atoms with Crippen LogP contribution in [0.25, 0.3) is 11.1 Å². The minimum atomic E-state index is -0.785. The molecule has 0 N–H and O–H groups in total. The molecule has 3 aromatic carbocycles. The van der Waals surface area contributed by atoms with E-state index in [0.29, 0.717) is 47.8 Å². The molecule has 0 amide bonds. The molecule has 0 radical (unpaired) electrons. The Morgan fingerprint density at radius 1 is 0.882 bits per heavy atom. The van der Waals surface area contributed by atoms with Crippen molar-refractivity contribution >= 4 is 0 Å². The molecule has 0 aliphatic heterocycles. The molecule has 0 spiro atoms. The Labute approximate surface area is 200 Å². The summed E-state index contributed by atoms with van der Waals surface area (Å²) in [4.78, 5) is 0. The van der Waals surface area contributed by atoms with Crippen LogP contribution in [0.3, 0.4) is 0 Å². The Hall–Kier alpha value is -3.01. The third-order valence-corrected chi connectivity index (χ3v) is 6.94. The van der Waals surface area contributed by atoms with Crippen LogP contribution in [0.5, 0.6) is 5.75 Å². The van der Waals surface area contributed by atoms with Crippen molar-refractivity contribution in [1.29, 1.82) is 0 Å².